The van der Waals surface area contributed by atoms with Gasteiger partial charge in [0.05, 0.1) is 0 Å². The van der Waals surface area contributed by atoms with E-state index < -0.39 is 0 Å². The summed E-state index contributed by atoms with van der Waals surface area (Å²) >= 11 is 0. The lowest BCUT2D eigenvalue weighted by atomic mass is 9.53. The van der Waals surface area contributed by atoms with E-state index in [0.717, 1.165) is 62.2 Å². The fourth-order valence-electron chi connectivity index (χ4n) is 6.91. The summed E-state index contributed by atoms with van der Waals surface area (Å²) in [6, 6.07) is 6.04. The zero-order valence-corrected chi connectivity index (χ0v) is 18.0. The number of likely N-dealkylation sites (N-methyl/N-ethyl adjacent to an activating group) is 1. The highest BCUT2D eigenvalue weighted by atomic mass is 16.2. The molecule has 1 aromatic rings. The van der Waals surface area contributed by atoms with Crippen LogP contribution in [0, 0.1) is 17.8 Å². The van der Waals surface area contributed by atoms with E-state index in [4.69, 9.17) is 0 Å². The average Bonchev–Trinajstić information content (AvgIpc) is 3.08. The molecule has 0 radical (unpaired) electrons. The molecule has 6 heteroatoms. The number of benzene rings is 1. The summed E-state index contributed by atoms with van der Waals surface area (Å²) in [5.41, 5.74) is 3.41. The Bertz CT molecular complexity index is 801. The zero-order valence-electron chi connectivity index (χ0n) is 18.0. The van der Waals surface area contributed by atoms with E-state index in [9.17, 15) is 9.59 Å². The third-order valence-corrected chi connectivity index (χ3v) is 7.80. The Morgan fingerprint density at radius 1 is 1.10 bits per heavy atom. The van der Waals surface area contributed by atoms with Gasteiger partial charge in [-0.3, -0.25) is 4.79 Å². The molecular weight excluding hydrogens is 376 g/mol. The van der Waals surface area contributed by atoms with Crippen LogP contribution in [0.25, 0.3) is 0 Å². The molecule has 0 aromatic heterocycles. The number of urea groups is 1. The predicted octanol–water partition coefficient (Wildman–Crippen LogP) is 3.67. The highest BCUT2D eigenvalue weighted by Crippen LogP contribution is 2.55. The van der Waals surface area contributed by atoms with Gasteiger partial charge in [0.1, 0.15) is 0 Å². The van der Waals surface area contributed by atoms with E-state index in [1.165, 1.54) is 30.5 Å². The van der Waals surface area contributed by atoms with E-state index in [1.807, 2.05) is 6.07 Å². The van der Waals surface area contributed by atoms with Gasteiger partial charge < -0.3 is 20.9 Å². The quantitative estimate of drug-likeness (QED) is 0.670. The Balaban J connectivity index is 1.08. The van der Waals surface area contributed by atoms with Gasteiger partial charge in [0.15, 0.2) is 0 Å². The normalized spacial score (nSPS) is 30.8. The molecule has 5 aliphatic rings. The van der Waals surface area contributed by atoms with E-state index in [0.29, 0.717) is 6.54 Å². The summed E-state index contributed by atoms with van der Waals surface area (Å²) in [6.45, 7) is 4.54. The minimum absolute atomic E-state index is 0.0106. The van der Waals surface area contributed by atoms with Gasteiger partial charge in [0, 0.05) is 43.0 Å². The van der Waals surface area contributed by atoms with Crippen molar-refractivity contribution in [1.29, 1.82) is 0 Å². The lowest BCUT2D eigenvalue weighted by Crippen LogP contribution is -2.61. The van der Waals surface area contributed by atoms with Crippen molar-refractivity contribution in [2.24, 2.45) is 17.8 Å². The SMILES string of the molecule is CCN1CCc2ccc(NC(=O)CCNC(=O)NC34CC5CC(CC(C5)C3)C4)cc21. The van der Waals surface area contributed by atoms with Crippen molar-refractivity contribution in [2.75, 3.05) is 29.9 Å². The van der Waals surface area contributed by atoms with Crippen LogP contribution in [0.1, 0.15) is 57.4 Å². The number of nitrogens with zero attached hydrogens (tertiary/aromatic N) is 1. The number of rotatable bonds is 6. The Labute approximate surface area is 179 Å². The van der Waals surface area contributed by atoms with Crippen LogP contribution in [0.2, 0.25) is 0 Å². The number of nitrogens with one attached hydrogen (secondary N) is 3. The van der Waals surface area contributed by atoms with Gasteiger partial charge in [-0.05, 0) is 87.3 Å². The largest absolute Gasteiger partial charge is 0.371 e. The fourth-order valence-corrected chi connectivity index (χ4v) is 6.91. The Kier molecular flexibility index (Phi) is 5.11. The molecule has 0 atom stereocenters. The monoisotopic (exact) mass is 410 g/mol. The van der Waals surface area contributed by atoms with E-state index in [1.54, 1.807) is 0 Å². The molecule has 4 saturated carbocycles. The molecule has 3 amide bonds. The summed E-state index contributed by atoms with van der Waals surface area (Å²) in [7, 11) is 0. The van der Waals surface area contributed by atoms with Crippen molar-refractivity contribution in [3.63, 3.8) is 0 Å². The van der Waals surface area contributed by atoms with E-state index >= 15 is 0 Å². The molecule has 4 bridgehead atoms. The average molecular weight is 411 g/mol. The third-order valence-electron chi connectivity index (χ3n) is 7.80. The van der Waals surface area contributed by atoms with Gasteiger partial charge in [-0.1, -0.05) is 6.07 Å². The summed E-state index contributed by atoms with van der Waals surface area (Å²) in [4.78, 5) is 27.2. The lowest BCUT2D eigenvalue weighted by Gasteiger charge is -2.56. The van der Waals surface area contributed by atoms with Crippen molar-refractivity contribution < 1.29 is 9.59 Å². The number of fused-ring (bicyclic) bond motifs is 1. The smallest absolute Gasteiger partial charge is 0.315 e. The van der Waals surface area contributed by atoms with Gasteiger partial charge in [0.25, 0.3) is 0 Å². The number of hydrogen-bond donors (Lipinski definition) is 3. The second kappa shape index (κ2) is 7.78. The van der Waals surface area contributed by atoms with Crippen LogP contribution < -0.4 is 20.9 Å². The van der Waals surface area contributed by atoms with Crippen LogP contribution >= 0.6 is 0 Å². The molecule has 6 nitrogen and oxygen atoms in total. The molecule has 6 rings (SSSR count). The fraction of sp³-hybridized carbons (Fsp3) is 0.667. The van der Waals surface area contributed by atoms with Crippen LogP contribution in [0.3, 0.4) is 0 Å². The van der Waals surface area contributed by atoms with Crippen LogP contribution in [-0.4, -0.2) is 37.1 Å². The zero-order chi connectivity index (χ0) is 20.7. The van der Waals surface area contributed by atoms with Crippen molar-refractivity contribution in [1.82, 2.24) is 10.6 Å². The predicted molar refractivity (Wildman–Crippen MR) is 119 cm³/mol. The second-order valence-corrected chi connectivity index (χ2v) is 10.1. The molecule has 0 spiro atoms. The maximum absolute atomic E-state index is 12.5. The third kappa shape index (κ3) is 3.88. The number of hydrogen-bond acceptors (Lipinski definition) is 3. The van der Waals surface area contributed by atoms with Crippen LogP contribution in [0.5, 0.6) is 0 Å². The maximum Gasteiger partial charge on any atom is 0.315 e. The van der Waals surface area contributed by atoms with Crippen LogP contribution in [0.15, 0.2) is 18.2 Å². The first-order chi connectivity index (χ1) is 14.5. The molecule has 30 heavy (non-hydrogen) atoms. The van der Waals surface area contributed by atoms with Crippen molar-refractivity contribution in [3.8, 4) is 0 Å². The first kappa shape index (κ1) is 19.7. The molecule has 0 saturated heterocycles. The number of anilines is 2. The van der Waals surface area contributed by atoms with Gasteiger partial charge in [-0.25, -0.2) is 4.79 Å². The topological polar surface area (TPSA) is 73.5 Å². The summed E-state index contributed by atoms with van der Waals surface area (Å²) < 4.78 is 0. The summed E-state index contributed by atoms with van der Waals surface area (Å²) in [5, 5.41) is 9.19. The van der Waals surface area contributed by atoms with Gasteiger partial charge >= 0.3 is 6.03 Å². The van der Waals surface area contributed by atoms with Crippen LogP contribution in [0.4, 0.5) is 16.2 Å². The lowest BCUT2D eigenvalue weighted by molar-refractivity contribution is -0.116. The molecule has 4 fully saturated rings. The van der Waals surface area contributed by atoms with Crippen LogP contribution in [-0.2, 0) is 11.2 Å². The highest BCUT2D eigenvalue weighted by Gasteiger charge is 2.51. The summed E-state index contributed by atoms with van der Waals surface area (Å²) in [5.74, 6) is 2.35. The first-order valence-electron chi connectivity index (χ1n) is 11.8. The molecule has 1 heterocycles. The molecule has 0 unspecified atom stereocenters. The number of amides is 3. The minimum atomic E-state index is -0.110. The molecule has 162 valence electrons. The van der Waals surface area contributed by atoms with E-state index in [2.05, 4.69) is 39.9 Å². The molecule has 3 N–H and O–H groups in total. The van der Waals surface area contributed by atoms with Gasteiger partial charge in [0.2, 0.25) is 5.91 Å². The standard InChI is InChI=1S/C24H34N4O2/c1-2-28-8-6-19-3-4-20(12-21(19)28)26-22(29)5-7-25-23(30)27-24-13-16-9-17(14-24)11-18(10-16)15-24/h3-4,12,16-18H,2,5-11,13-15H2,1H3,(H,26,29)(H2,25,27,30). The molecule has 1 aliphatic heterocycles. The van der Waals surface area contributed by atoms with E-state index in [-0.39, 0.29) is 23.9 Å². The van der Waals surface area contributed by atoms with Gasteiger partial charge in [-0.2, -0.15) is 0 Å². The minimum Gasteiger partial charge on any atom is -0.371 e. The van der Waals surface area contributed by atoms with Gasteiger partial charge in [-0.15, -0.1) is 0 Å². The molecule has 4 aliphatic carbocycles. The Hall–Kier alpha value is -2.24. The Morgan fingerprint density at radius 2 is 1.80 bits per heavy atom. The molecule has 1 aromatic carbocycles. The Morgan fingerprint density at radius 3 is 2.47 bits per heavy atom. The second-order valence-electron chi connectivity index (χ2n) is 10.1. The van der Waals surface area contributed by atoms with Crippen molar-refractivity contribution >= 4 is 23.3 Å². The van der Waals surface area contributed by atoms with Crippen molar-refractivity contribution in [2.45, 2.75) is 63.8 Å². The summed E-state index contributed by atoms with van der Waals surface area (Å²) in [6.07, 6.45) is 8.85. The number of carbonyl (C=O) groups is 2. The number of carbonyl (C=O) groups excluding carboxylic acids is 2. The molecular formula is C24H34N4O2. The van der Waals surface area contributed by atoms with Crippen molar-refractivity contribution in [3.05, 3.63) is 23.8 Å². The highest BCUT2D eigenvalue weighted by molar-refractivity contribution is 5.92. The first-order valence-corrected chi connectivity index (χ1v) is 11.8. The maximum atomic E-state index is 12.5.